The number of Topliss-reactive ketones (excluding diaryl/α,β-unsaturated/α-hetero) is 2. The van der Waals surface area contributed by atoms with E-state index in [1.54, 1.807) is 6.92 Å². The van der Waals surface area contributed by atoms with E-state index in [9.17, 15) is 9.59 Å². The molecule has 0 rings (SSSR count). The van der Waals surface area contributed by atoms with Crippen LogP contribution < -0.4 is 0 Å². The number of hydrogen-bond donors (Lipinski definition) is 1. The van der Waals surface area contributed by atoms with Crippen molar-refractivity contribution < 1.29 is 14.7 Å². The zero-order valence-corrected chi connectivity index (χ0v) is 6.96. The van der Waals surface area contributed by atoms with E-state index < -0.39 is 0 Å². The van der Waals surface area contributed by atoms with E-state index in [0.29, 0.717) is 6.42 Å². The first kappa shape index (κ1) is 10.3. The molecule has 0 radical (unpaired) electrons. The van der Waals surface area contributed by atoms with Crippen molar-refractivity contribution in [2.24, 2.45) is 5.92 Å². The summed E-state index contributed by atoms with van der Waals surface area (Å²) in [5, 5.41) is 8.58. The maximum atomic E-state index is 10.9. The van der Waals surface area contributed by atoms with Gasteiger partial charge in [-0.1, -0.05) is 6.92 Å². The third-order valence-corrected chi connectivity index (χ3v) is 1.33. The number of ketones is 2. The average Bonchev–Trinajstić information content (AvgIpc) is 1.85. The summed E-state index contributed by atoms with van der Waals surface area (Å²) in [5.74, 6) is -0.221. The Morgan fingerprint density at radius 3 is 2.36 bits per heavy atom. The molecule has 0 aliphatic carbocycles. The van der Waals surface area contributed by atoms with Gasteiger partial charge < -0.3 is 5.11 Å². The first-order valence-electron chi connectivity index (χ1n) is 3.68. The zero-order chi connectivity index (χ0) is 8.85. The third kappa shape index (κ3) is 5.73. The molecule has 0 saturated heterocycles. The van der Waals surface area contributed by atoms with Crippen molar-refractivity contribution >= 4 is 11.6 Å². The van der Waals surface area contributed by atoms with E-state index in [2.05, 4.69) is 0 Å². The molecule has 0 amide bonds. The van der Waals surface area contributed by atoms with Gasteiger partial charge in [-0.3, -0.25) is 9.59 Å². The van der Waals surface area contributed by atoms with E-state index in [-0.39, 0.29) is 30.5 Å². The number of rotatable bonds is 5. The minimum Gasteiger partial charge on any atom is -0.396 e. The van der Waals surface area contributed by atoms with Gasteiger partial charge in [0, 0.05) is 13.0 Å². The second-order valence-electron chi connectivity index (χ2n) is 2.91. The van der Waals surface area contributed by atoms with Crippen molar-refractivity contribution in [1.82, 2.24) is 0 Å². The highest BCUT2D eigenvalue weighted by Gasteiger charge is 2.09. The summed E-state index contributed by atoms with van der Waals surface area (Å²) in [5.41, 5.74) is 0. The van der Waals surface area contributed by atoms with Gasteiger partial charge in [-0.25, -0.2) is 0 Å². The molecule has 0 bridgehead atoms. The highest BCUT2D eigenvalue weighted by atomic mass is 16.3. The number of aliphatic hydroxyl groups excluding tert-OH is 1. The molecular formula is C8H14O3. The fraction of sp³-hybridized carbons (Fsp3) is 0.750. The fourth-order valence-electron chi connectivity index (χ4n) is 0.803. The van der Waals surface area contributed by atoms with E-state index in [1.807, 2.05) is 0 Å². The molecule has 0 aliphatic rings. The van der Waals surface area contributed by atoms with Gasteiger partial charge in [-0.15, -0.1) is 0 Å². The fourth-order valence-corrected chi connectivity index (χ4v) is 0.803. The lowest BCUT2D eigenvalue weighted by atomic mass is 10.0. The molecule has 0 aliphatic heterocycles. The van der Waals surface area contributed by atoms with Crippen LogP contribution in [0.2, 0.25) is 0 Å². The summed E-state index contributed by atoms with van der Waals surface area (Å²) in [4.78, 5) is 21.3. The zero-order valence-electron chi connectivity index (χ0n) is 6.96. The van der Waals surface area contributed by atoms with Crippen molar-refractivity contribution in [2.75, 3.05) is 6.61 Å². The van der Waals surface area contributed by atoms with Crippen LogP contribution in [-0.2, 0) is 9.59 Å². The van der Waals surface area contributed by atoms with E-state index in [4.69, 9.17) is 5.11 Å². The van der Waals surface area contributed by atoms with Gasteiger partial charge in [0.2, 0.25) is 0 Å². The Kier molecular flexibility index (Phi) is 4.70. The SMILES string of the molecule is CC(=O)CC(=O)CC(C)CO. The number of hydrogen-bond acceptors (Lipinski definition) is 3. The lowest BCUT2D eigenvalue weighted by Gasteiger charge is -2.04. The minimum absolute atomic E-state index is 0.00362. The molecule has 0 heterocycles. The van der Waals surface area contributed by atoms with Crippen LogP contribution in [0.25, 0.3) is 0 Å². The highest BCUT2D eigenvalue weighted by Crippen LogP contribution is 2.03. The van der Waals surface area contributed by atoms with Crippen molar-refractivity contribution in [3.8, 4) is 0 Å². The van der Waals surface area contributed by atoms with Crippen molar-refractivity contribution in [3.63, 3.8) is 0 Å². The Balaban J connectivity index is 3.60. The predicted octanol–water partition coefficient (Wildman–Crippen LogP) is 0.553. The molecule has 1 atom stereocenters. The molecule has 1 N–H and O–H groups in total. The normalized spacial score (nSPS) is 12.6. The van der Waals surface area contributed by atoms with E-state index in [0.717, 1.165) is 0 Å². The Bertz CT molecular complexity index is 151. The van der Waals surface area contributed by atoms with E-state index >= 15 is 0 Å². The minimum atomic E-state index is -0.111. The van der Waals surface area contributed by atoms with Crippen LogP contribution in [0.4, 0.5) is 0 Å². The van der Waals surface area contributed by atoms with Gasteiger partial charge in [0.15, 0.2) is 0 Å². The maximum Gasteiger partial charge on any atom is 0.140 e. The second-order valence-corrected chi connectivity index (χ2v) is 2.91. The van der Waals surface area contributed by atoms with Gasteiger partial charge in [0.05, 0.1) is 6.42 Å². The largest absolute Gasteiger partial charge is 0.396 e. The molecule has 1 unspecified atom stereocenters. The van der Waals surface area contributed by atoms with E-state index in [1.165, 1.54) is 6.92 Å². The molecule has 0 spiro atoms. The van der Waals surface area contributed by atoms with Crippen LogP contribution in [0.15, 0.2) is 0 Å². The van der Waals surface area contributed by atoms with Crippen LogP contribution in [0.5, 0.6) is 0 Å². The van der Waals surface area contributed by atoms with Gasteiger partial charge in [-0.05, 0) is 12.8 Å². The summed E-state index contributed by atoms with van der Waals surface area (Å²) in [6.45, 7) is 3.17. The molecule has 3 nitrogen and oxygen atoms in total. The second kappa shape index (κ2) is 5.02. The number of aliphatic hydroxyl groups is 1. The lowest BCUT2D eigenvalue weighted by molar-refractivity contribution is -0.126. The van der Waals surface area contributed by atoms with Gasteiger partial charge in [0.1, 0.15) is 11.6 Å². The molecule has 3 heteroatoms. The molecule has 0 fully saturated rings. The monoisotopic (exact) mass is 158 g/mol. The highest BCUT2D eigenvalue weighted by molar-refractivity contribution is 5.97. The first-order valence-corrected chi connectivity index (χ1v) is 3.68. The molecule has 11 heavy (non-hydrogen) atoms. The Morgan fingerprint density at radius 1 is 1.45 bits per heavy atom. The van der Waals surface area contributed by atoms with Crippen molar-refractivity contribution in [2.45, 2.75) is 26.7 Å². The smallest absolute Gasteiger partial charge is 0.140 e. The number of carbonyl (C=O) groups excluding carboxylic acids is 2. The quantitative estimate of drug-likeness (QED) is 0.594. The summed E-state index contributed by atoms with van der Waals surface area (Å²) in [7, 11) is 0. The van der Waals surface area contributed by atoms with Crippen LogP contribution in [0.3, 0.4) is 0 Å². The van der Waals surface area contributed by atoms with Gasteiger partial charge in [0.25, 0.3) is 0 Å². The standard InChI is InChI=1S/C8H14O3/c1-6(5-9)3-8(11)4-7(2)10/h6,9H,3-5H2,1-2H3. The molecule has 0 aromatic heterocycles. The third-order valence-electron chi connectivity index (χ3n) is 1.33. The van der Waals surface area contributed by atoms with Gasteiger partial charge >= 0.3 is 0 Å². The van der Waals surface area contributed by atoms with Crippen LogP contribution in [0.1, 0.15) is 26.7 Å². The van der Waals surface area contributed by atoms with Crippen LogP contribution >= 0.6 is 0 Å². The van der Waals surface area contributed by atoms with Gasteiger partial charge in [-0.2, -0.15) is 0 Å². The Hall–Kier alpha value is -0.700. The Labute approximate surface area is 66.4 Å². The summed E-state index contributed by atoms with van der Waals surface area (Å²) >= 11 is 0. The molecule has 0 saturated carbocycles. The van der Waals surface area contributed by atoms with Crippen molar-refractivity contribution in [1.29, 1.82) is 0 Å². The lowest BCUT2D eigenvalue weighted by Crippen LogP contribution is -2.11. The average molecular weight is 158 g/mol. The molecule has 0 aromatic rings. The first-order chi connectivity index (χ1) is 5.06. The van der Waals surface area contributed by atoms with Crippen molar-refractivity contribution in [3.05, 3.63) is 0 Å². The number of carbonyl (C=O) groups is 2. The molecule has 64 valence electrons. The Morgan fingerprint density at radius 2 is 2.00 bits per heavy atom. The van der Waals surface area contributed by atoms with Crippen LogP contribution in [0, 0.1) is 5.92 Å². The molecular weight excluding hydrogens is 144 g/mol. The maximum absolute atomic E-state index is 10.9. The summed E-state index contributed by atoms with van der Waals surface area (Å²) in [6.07, 6.45) is 0.306. The topological polar surface area (TPSA) is 54.4 Å². The molecule has 0 aromatic carbocycles. The summed E-state index contributed by atoms with van der Waals surface area (Å²) in [6, 6.07) is 0. The predicted molar refractivity (Wildman–Crippen MR) is 41.2 cm³/mol. The van der Waals surface area contributed by atoms with Crippen LogP contribution in [-0.4, -0.2) is 23.3 Å². The summed E-state index contributed by atoms with van der Waals surface area (Å²) < 4.78 is 0.